The van der Waals surface area contributed by atoms with Gasteiger partial charge in [-0.15, -0.1) is 0 Å². The van der Waals surface area contributed by atoms with Crippen LogP contribution in [-0.2, 0) is 11.1 Å². The molecule has 0 heterocycles. The molecule has 0 aliphatic rings. The predicted molar refractivity (Wildman–Crippen MR) is 102 cm³/mol. The van der Waals surface area contributed by atoms with E-state index in [4.69, 9.17) is 10.4 Å². The van der Waals surface area contributed by atoms with E-state index in [0.717, 1.165) is 19.5 Å². The van der Waals surface area contributed by atoms with E-state index in [1.165, 1.54) is 16.5 Å². The molecule has 0 aliphatic heterocycles. The molecule has 2 rings (SSSR count). The van der Waals surface area contributed by atoms with E-state index in [1.807, 2.05) is 6.07 Å². The minimum Gasteiger partial charge on any atom is -0.426 e. The lowest BCUT2D eigenvalue weighted by molar-refractivity contribution is 0.329. The number of benzene rings is 2. The van der Waals surface area contributed by atoms with Crippen LogP contribution in [0.15, 0.2) is 54.6 Å². The van der Waals surface area contributed by atoms with Crippen LogP contribution in [0.25, 0.3) is 0 Å². The molecule has 0 amide bonds. The first-order valence-electron chi connectivity index (χ1n) is 8.01. The molecular formula is C19H29BN2O. The Kier molecular flexibility index (Phi) is 9.30. The monoisotopic (exact) mass is 312 g/mol. The Labute approximate surface area is 141 Å². The first-order valence-corrected chi connectivity index (χ1v) is 8.01. The molecule has 0 atom stereocenters. The smallest absolute Gasteiger partial charge is 0.361 e. The van der Waals surface area contributed by atoms with Crippen molar-refractivity contribution in [1.29, 1.82) is 0 Å². The van der Waals surface area contributed by atoms with Gasteiger partial charge in [0, 0.05) is 26.2 Å². The third kappa shape index (κ3) is 6.18. The van der Waals surface area contributed by atoms with Gasteiger partial charge in [-0.05, 0) is 22.9 Å². The van der Waals surface area contributed by atoms with Crippen molar-refractivity contribution in [3.8, 4) is 0 Å². The standard InChI is InChI=1S/C18H25BN2O.CH4/c1-2-16-8-10-18(11-9-16)19(17-6-4-3-5-7-17)22-15-14-21-13-12-20;/h3-11,21H,2,12-15,20H2,1H3;1H4. The number of hydrogen-bond acceptors (Lipinski definition) is 3. The number of hydrogen-bond donors (Lipinski definition) is 2. The average Bonchev–Trinajstić information content (AvgIpc) is 2.59. The summed E-state index contributed by atoms with van der Waals surface area (Å²) in [5.41, 5.74) is 9.21. The Bertz CT molecular complexity index is 531. The van der Waals surface area contributed by atoms with E-state index >= 15 is 0 Å². The van der Waals surface area contributed by atoms with E-state index < -0.39 is 0 Å². The summed E-state index contributed by atoms with van der Waals surface area (Å²) in [5.74, 6) is 0. The van der Waals surface area contributed by atoms with Gasteiger partial charge >= 0.3 is 6.92 Å². The maximum atomic E-state index is 6.13. The van der Waals surface area contributed by atoms with Crippen LogP contribution in [0.5, 0.6) is 0 Å². The van der Waals surface area contributed by atoms with Crippen molar-refractivity contribution in [3.05, 3.63) is 60.2 Å². The number of rotatable bonds is 9. The van der Waals surface area contributed by atoms with E-state index in [0.29, 0.717) is 13.2 Å². The van der Waals surface area contributed by atoms with E-state index in [2.05, 4.69) is 60.8 Å². The molecule has 0 aromatic heterocycles. The first kappa shape index (κ1) is 19.4. The topological polar surface area (TPSA) is 47.3 Å². The van der Waals surface area contributed by atoms with Crippen molar-refractivity contribution < 1.29 is 4.65 Å². The maximum absolute atomic E-state index is 6.13. The molecule has 0 fully saturated rings. The fraction of sp³-hybridized carbons (Fsp3) is 0.368. The highest BCUT2D eigenvalue weighted by atomic mass is 16.4. The van der Waals surface area contributed by atoms with Crippen LogP contribution in [-0.4, -0.2) is 33.2 Å². The fourth-order valence-corrected chi connectivity index (χ4v) is 2.42. The normalized spacial score (nSPS) is 10.2. The van der Waals surface area contributed by atoms with Crippen LogP contribution < -0.4 is 22.0 Å². The zero-order chi connectivity index (χ0) is 15.6. The second kappa shape index (κ2) is 11.0. The van der Waals surface area contributed by atoms with Gasteiger partial charge in [-0.1, -0.05) is 68.9 Å². The van der Waals surface area contributed by atoms with Gasteiger partial charge in [0.1, 0.15) is 0 Å². The van der Waals surface area contributed by atoms with Gasteiger partial charge < -0.3 is 15.7 Å². The highest BCUT2D eigenvalue weighted by molar-refractivity contribution is 6.80. The molecule has 0 saturated carbocycles. The molecule has 23 heavy (non-hydrogen) atoms. The Morgan fingerprint density at radius 2 is 1.61 bits per heavy atom. The summed E-state index contributed by atoms with van der Waals surface area (Å²) in [6.45, 7) is 5.10. The van der Waals surface area contributed by atoms with Gasteiger partial charge in [-0.2, -0.15) is 0 Å². The highest BCUT2D eigenvalue weighted by Gasteiger charge is 2.20. The molecule has 0 bridgehead atoms. The van der Waals surface area contributed by atoms with E-state index in [9.17, 15) is 0 Å². The molecule has 0 unspecified atom stereocenters. The zero-order valence-corrected chi connectivity index (χ0v) is 13.3. The quantitative estimate of drug-likeness (QED) is 0.546. The lowest BCUT2D eigenvalue weighted by atomic mass is 9.55. The van der Waals surface area contributed by atoms with Crippen molar-refractivity contribution in [2.75, 3.05) is 26.2 Å². The van der Waals surface area contributed by atoms with Crippen LogP contribution in [0, 0.1) is 0 Å². The van der Waals surface area contributed by atoms with Crippen LogP contribution in [0.3, 0.4) is 0 Å². The van der Waals surface area contributed by atoms with Crippen molar-refractivity contribution in [3.63, 3.8) is 0 Å². The highest BCUT2D eigenvalue weighted by Crippen LogP contribution is 2.00. The molecule has 0 spiro atoms. The van der Waals surface area contributed by atoms with Crippen LogP contribution in [0.2, 0.25) is 0 Å². The third-order valence-corrected chi connectivity index (χ3v) is 3.68. The molecular weight excluding hydrogens is 283 g/mol. The molecule has 2 aromatic carbocycles. The van der Waals surface area contributed by atoms with Gasteiger partial charge in [-0.25, -0.2) is 0 Å². The molecule has 0 radical (unpaired) electrons. The van der Waals surface area contributed by atoms with Crippen LogP contribution in [0.4, 0.5) is 0 Å². The number of aryl methyl sites for hydroxylation is 1. The largest absolute Gasteiger partial charge is 0.426 e. The average molecular weight is 312 g/mol. The fourth-order valence-electron chi connectivity index (χ4n) is 2.42. The second-order valence-corrected chi connectivity index (χ2v) is 5.30. The minimum absolute atomic E-state index is 0. The van der Waals surface area contributed by atoms with Crippen molar-refractivity contribution in [2.45, 2.75) is 20.8 Å². The Hall–Kier alpha value is -1.62. The van der Waals surface area contributed by atoms with Crippen molar-refractivity contribution in [2.24, 2.45) is 5.73 Å². The van der Waals surface area contributed by atoms with Crippen LogP contribution in [0.1, 0.15) is 19.9 Å². The third-order valence-electron chi connectivity index (χ3n) is 3.68. The Morgan fingerprint density at radius 1 is 0.957 bits per heavy atom. The second-order valence-electron chi connectivity index (χ2n) is 5.30. The van der Waals surface area contributed by atoms with Crippen molar-refractivity contribution in [1.82, 2.24) is 5.32 Å². The molecule has 124 valence electrons. The maximum Gasteiger partial charge on any atom is 0.361 e. The molecule has 0 saturated heterocycles. The van der Waals surface area contributed by atoms with Gasteiger partial charge in [0.25, 0.3) is 0 Å². The summed E-state index contributed by atoms with van der Waals surface area (Å²) < 4.78 is 6.13. The van der Waals surface area contributed by atoms with Crippen molar-refractivity contribution >= 4 is 17.8 Å². The summed E-state index contributed by atoms with van der Waals surface area (Å²) >= 11 is 0. The van der Waals surface area contributed by atoms with Gasteiger partial charge in [0.15, 0.2) is 0 Å². The lowest BCUT2D eigenvalue weighted by Gasteiger charge is -2.16. The van der Waals surface area contributed by atoms with Gasteiger partial charge in [-0.3, -0.25) is 0 Å². The summed E-state index contributed by atoms with van der Waals surface area (Å²) in [4.78, 5) is 0. The molecule has 3 nitrogen and oxygen atoms in total. The summed E-state index contributed by atoms with van der Waals surface area (Å²) in [7, 11) is 0. The first-order chi connectivity index (χ1) is 10.8. The Morgan fingerprint density at radius 3 is 2.22 bits per heavy atom. The van der Waals surface area contributed by atoms with E-state index in [-0.39, 0.29) is 14.3 Å². The lowest BCUT2D eigenvalue weighted by Crippen LogP contribution is -2.46. The molecule has 4 heteroatoms. The SMILES string of the molecule is C.CCc1ccc(B(OCCNCCN)c2ccccc2)cc1. The summed E-state index contributed by atoms with van der Waals surface area (Å²) in [5, 5.41) is 3.26. The molecule has 3 N–H and O–H groups in total. The number of nitrogens with two attached hydrogens (primary N) is 1. The predicted octanol–water partition coefficient (Wildman–Crippen LogP) is 1.56. The van der Waals surface area contributed by atoms with Crippen LogP contribution >= 0.6 is 0 Å². The van der Waals surface area contributed by atoms with E-state index in [1.54, 1.807) is 0 Å². The summed E-state index contributed by atoms with van der Waals surface area (Å²) in [6, 6.07) is 19.1. The molecule has 2 aromatic rings. The molecule has 0 aliphatic carbocycles. The Balaban J connectivity index is 0.00000264. The minimum atomic E-state index is -0.0215. The zero-order valence-electron chi connectivity index (χ0n) is 13.3. The van der Waals surface area contributed by atoms with Gasteiger partial charge in [0.05, 0.1) is 0 Å². The van der Waals surface area contributed by atoms with Gasteiger partial charge in [0.2, 0.25) is 0 Å². The summed E-state index contributed by atoms with van der Waals surface area (Å²) in [6.07, 6.45) is 1.06. The number of nitrogens with one attached hydrogen (secondary N) is 1.